The van der Waals surface area contributed by atoms with Crippen LogP contribution in [0, 0.1) is 6.92 Å². The number of aromatic hydroxyl groups is 2. The third kappa shape index (κ3) is 4.74. The first kappa shape index (κ1) is 17.8. The highest BCUT2D eigenvalue weighted by atomic mass is 16.5. The Morgan fingerprint density at radius 2 is 1.65 bits per heavy atom. The number of phenolic OH excluding ortho intramolecular Hbond substituents is 1. The minimum absolute atomic E-state index is 0.114. The molecule has 0 amide bonds. The van der Waals surface area contributed by atoms with Gasteiger partial charge in [0, 0.05) is 18.8 Å². The number of phenols is 1. The molecule has 134 valence electrons. The average molecular weight is 350 g/mol. The lowest BCUT2D eigenvalue weighted by molar-refractivity contribution is 0.288. The van der Waals surface area contributed by atoms with Crippen LogP contribution >= 0.6 is 0 Å². The fraction of sp³-hybridized carbons (Fsp3) is 0.190. The monoisotopic (exact) mass is 350 g/mol. The van der Waals surface area contributed by atoms with Crippen molar-refractivity contribution in [1.82, 2.24) is 10.3 Å². The van der Waals surface area contributed by atoms with Crippen LogP contribution in [-0.2, 0) is 19.7 Å². The van der Waals surface area contributed by atoms with E-state index in [0.717, 1.165) is 16.8 Å². The van der Waals surface area contributed by atoms with Crippen molar-refractivity contribution < 1.29 is 14.9 Å². The van der Waals surface area contributed by atoms with E-state index in [9.17, 15) is 10.2 Å². The molecule has 0 bridgehead atoms. The molecule has 3 N–H and O–H groups in total. The van der Waals surface area contributed by atoms with E-state index in [0.29, 0.717) is 31.1 Å². The summed E-state index contributed by atoms with van der Waals surface area (Å²) >= 11 is 0. The van der Waals surface area contributed by atoms with Gasteiger partial charge in [-0.15, -0.1) is 0 Å². The number of rotatable bonds is 7. The van der Waals surface area contributed by atoms with Crippen molar-refractivity contribution >= 4 is 0 Å². The van der Waals surface area contributed by atoms with Crippen LogP contribution in [-0.4, -0.2) is 15.2 Å². The van der Waals surface area contributed by atoms with Crippen LogP contribution in [0.25, 0.3) is 0 Å². The number of hydrogen-bond acceptors (Lipinski definition) is 5. The zero-order chi connectivity index (χ0) is 18.4. The molecular formula is C21H22N2O3. The Balaban J connectivity index is 1.59. The summed E-state index contributed by atoms with van der Waals surface area (Å²) in [4.78, 5) is 4.32. The van der Waals surface area contributed by atoms with Crippen LogP contribution in [0.2, 0.25) is 0 Å². The van der Waals surface area contributed by atoms with E-state index in [2.05, 4.69) is 10.3 Å². The Morgan fingerprint density at radius 1 is 0.885 bits per heavy atom. The van der Waals surface area contributed by atoms with Crippen molar-refractivity contribution in [1.29, 1.82) is 0 Å². The number of aryl methyl sites for hydroxylation is 1. The molecule has 0 aliphatic carbocycles. The summed E-state index contributed by atoms with van der Waals surface area (Å²) in [6.07, 6.45) is 0. The molecule has 5 heteroatoms. The molecular weight excluding hydrogens is 328 g/mol. The van der Waals surface area contributed by atoms with Crippen LogP contribution in [0.3, 0.4) is 0 Å². The van der Waals surface area contributed by atoms with Gasteiger partial charge in [-0.1, -0.05) is 36.4 Å². The van der Waals surface area contributed by atoms with Gasteiger partial charge in [0.05, 0.1) is 5.69 Å². The van der Waals surface area contributed by atoms with Crippen LogP contribution < -0.4 is 10.1 Å². The van der Waals surface area contributed by atoms with Gasteiger partial charge in [-0.2, -0.15) is 0 Å². The normalized spacial score (nSPS) is 10.7. The molecule has 0 fully saturated rings. The zero-order valence-electron chi connectivity index (χ0n) is 14.6. The molecule has 0 spiro atoms. The van der Waals surface area contributed by atoms with Gasteiger partial charge in [-0.25, -0.2) is 0 Å². The number of hydrogen-bond donors (Lipinski definition) is 3. The minimum Gasteiger partial charge on any atom is -0.506 e. The molecule has 2 aromatic carbocycles. The van der Waals surface area contributed by atoms with Crippen molar-refractivity contribution in [3.05, 3.63) is 83.2 Å². The summed E-state index contributed by atoms with van der Waals surface area (Å²) < 4.78 is 5.73. The van der Waals surface area contributed by atoms with Crippen LogP contribution in [0.1, 0.15) is 22.5 Å². The quantitative estimate of drug-likeness (QED) is 0.606. The Labute approximate surface area is 152 Å². The summed E-state index contributed by atoms with van der Waals surface area (Å²) in [5, 5.41) is 23.1. The maximum Gasteiger partial charge on any atom is 0.161 e. The molecule has 0 aliphatic rings. The molecule has 26 heavy (non-hydrogen) atoms. The fourth-order valence-corrected chi connectivity index (χ4v) is 2.58. The van der Waals surface area contributed by atoms with Crippen molar-refractivity contribution in [3.8, 4) is 17.2 Å². The second-order valence-electron chi connectivity index (χ2n) is 6.10. The summed E-state index contributed by atoms with van der Waals surface area (Å²) in [6, 6.07) is 18.5. The van der Waals surface area contributed by atoms with E-state index < -0.39 is 0 Å². The van der Waals surface area contributed by atoms with Gasteiger partial charge < -0.3 is 20.3 Å². The van der Waals surface area contributed by atoms with E-state index in [1.54, 1.807) is 18.2 Å². The van der Waals surface area contributed by atoms with Crippen molar-refractivity contribution in [2.45, 2.75) is 26.6 Å². The summed E-state index contributed by atoms with van der Waals surface area (Å²) in [6.45, 7) is 3.30. The Morgan fingerprint density at radius 3 is 2.46 bits per heavy atom. The lowest BCUT2D eigenvalue weighted by Crippen LogP contribution is -2.14. The largest absolute Gasteiger partial charge is 0.506 e. The summed E-state index contributed by atoms with van der Waals surface area (Å²) in [5.74, 6) is 0.744. The number of pyridine rings is 1. The molecule has 1 aromatic heterocycles. The highest BCUT2D eigenvalue weighted by molar-refractivity contribution is 5.42. The van der Waals surface area contributed by atoms with Gasteiger partial charge in [0.25, 0.3) is 0 Å². The predicted molar refractivity (Wildman–Crippen MR) is 100 cm³/mol. The molecule has 0 unspecified atom stereocenters. The first-order chi connectivity index (χ1) is 12.6. The number of aromatic nitrogens is 1. The number of nitrogens with zero attached hydrogens (tertiary/aromatic N) is 1. The van der Waals surface area contributed by atoms with Crippen LogP contribution in [0.5, 0.6) is 17.2 Å². The molecule has 3 aromatic rings. The van der Waals surface area contributed by atoms with Crippen molar-refractivity contribution in [2.24, 2.45) is 0 Å². The summed E-state index contributed by atoms with van der Waals surface area (Å²) in [7, 11) is 0. The van der Waals surface area contributed by atoms with Crippen molar-refractivity contribution in [2.75, 3.05) is 0 Å². The Kier molecular flexibility index (Phi) is 5.71. The third-order valence-electron chi connectivity index (χ3n) is 3.97. The van der Waals surface area contributed by atoms with Crippen LogP contribution in [0.15, 0.2) is 60.7 Å². The highest BCUT2D eigenvalue weighted by Gasteiger charge is 2.06. The topological polar surface area (TPSA) is 74.6 Å². The molecule has 3 rings (SSSR count). The van der Waals surface area contributed by atoms with E-state index in [4.69, 9.17) is 4.74 Å². The molecule has 5 nitrogen and oxygen atoms in total. The van der Waals surface area contributed by atoms with Crippen molar-refractivity contribution in [3.63, 3.8) is 0 Å². The van der Waals surface area contributed by atoms with E-state index in [1.165, 1.54) is 0 Å². The molecule has 0 aliphatic heterocycles. The van der Waals surface area contributed by atoms with E-state index in [1.807, 2.05) is 49.4 Å². The SMILES string of the molecule is Cc1ccc(O)c(CNCc2ccc(O)c(OCc3ccccc3)c2)n1. The van der Waals surface area contributed by atoms with Gasteiger partial charge in [0.1, 0.15) is 12.4 Å². The maximum atomic E-state index is 9.99. The lowest BCUT2D eigenvalue weighted by Gasteiger charge is -2.11. The number of nitrogens with one attached hydrogen (secondary N) is 1. The standard InChI is InChI=1S/C21H22N2O3/c1-15-7-9-19(24)18(23-15)13-22-12-17-8-10-20(25)21(11-17)26-14-16-5-3-2-4-6-16/h2-11,22,24-25H,12-14H2,1H3. The van der Waals surface area contributed by atoms with Gasteiger partial charge >= 0.3 is 0 Å². The first-order valence-electron chi connectivity index (χ1n) is 8.46. The molecule has 0 saturated carbocycles. The smallest absolute Gasteiger partial charge is 0.161 e. The van der Waals surface area contributed by atoms with Gasteiger partial charge in [0.15, 0.2) is 11.5 Å². The minimum atomic E-state index is 0.114. The van der Waals surface area contributed by atoms with E-state index >= 15 is 0 Å². The average Bonchev–Trinajstić information content (AvgIpc) is 2.65. The Bertz CT molecular complexity index is 866. The van der Waals surface area contributed by atoms with E-state index in [-0.39, 0.29) is 11.5 Å². The fourth-order valence-electron chi connectivity index (χ4n) is 2.58. The second-order valence-corrected chi connectivity index (χ2v) is 6.10. The van der Waals surface area contributed by atoms with Crippen LogP contribution in [0.4, 0.5) is 0 Å². The summed E-state index contributed by atoms with van der Waals surface area (Å²) in [5.41, 5.74) is 3.49. The third-order valence-corrected chi connectivity index (χ3v) is 3.97. The number of benzene rings is 2. The van der Waals surface area contributed by atoms with Gasteiger partial charge in [0.2, 0.25) is 0 Å². The first-order valence-corrected chi connectivity index (χ1v) is 8.46. The Hall–Kier alpha value is -3.05. The molecule has 0 radical (unpaired) electrons. The predicted octanol–water partition coefficient (Wildman–Crippen LogP) is 3.67. The number of ether oxygens (including phenoxy) is 1. The lowest BCUT2D eigenvalue weighted by atomic mass is 10.2. The van der Waals surface area contributed by atoms with Gasteiger partial charge in [-0.3, -0.25) is 4.98 Å². The molecule has 0 atom stereocenters. The zero-order valence-corrected chi connectivity index (χ0v) is 14.6. The van der Waals surface area contributed by atoms with Gasteiger partial charge in [-0.05, 0) is 42.3 Å². The molecule has 1 heterocycles. The highest BCUT2D eigenvalue weighted by Crippen LogP contribution is 2.27. The second kappa shape index (κ2) is 8.36. The molecule has 0 saturated heterocycles. The maximum absolute atomic E-state index is 9.99.